The molecule has 1 aliphatic heterocycles. The van der Waals surface area contributed by atoms with Crippen molar-refractivity contribution >= 4 is 22.6 Å². The number of carbonyl (C=O) groups is 2. The van der Waals surface area contributed by atoms with Crippen LogP contribution in [0.5, 0.6) is 5.75 Å². The zero-order valence-corrected chi connectivity index (χ0v) is 17.7. The monoisotopic (exact) mass is 415 g/mol. The highest BCUT2D eigenvalue weighted by atomic mass is 17.2. The van der Waals surface area contributed by atoms with Gasteiger partial charge >= 0.3 is 5.97 Å². The second-order valence-electron chi connectivity index (χ2n) is 8.15. The van der Waals surface area contributed by atoms with Crippen molar-refractivity contribution in [3.63, 3.8) is 0 Å². The Kier molecular flexibility index (Phi) is 5.76. The van der Waals surface area contributed by atoms with Gasteiger partial charge in [-0.15, -0.1) is 0 Å². The second-order valence-corrected chi connectivity index (χ2v) is 8.15. The number of para-hydroxylation sites is 1. The Morgan fingerprint density at radius 1 is 0.903 bits per heavy atom. The first-order valence-corrected chi connectivity index (χ1v) is 10.4. The lowest BCUT2D eigenvalue weighted by Crippen LogP contribution is -2.39. The van der Waals surface area contributed by atoms with Crippen molar-refractivity contribution in [2.75, 3.05) is 13.1 Å². The van der Waals surface area contributed by atoms with Gasteiger partial charge in [-0.1, -0.05) is 66.2 Å². The summed E-state index contributed by atoms with van der Waals surface area (Å²) in [4.78, 5) is 37.9. The van der Waals surface area contributed by atoms with Gasteiger partial charge in [-0.3, -0.25) is 9.68 Å². The van der Waals surface area contributed by atoms with Crippen molar-refractivity contribution in [3.8, 4) is 5.75 Å². The molecule has 0 aliphatic carbocycles. The second kappa shape index (κ2) is 8.64. The molecule has 1 amide bonds. The largest absolute Gasteiger partial charge is 0.364 e. The first kappa shape index (κ1) is 20.7. The summed E-state index contributed by atoms with van der Waals surface area (Å²) in [7, 11) is 0. The molecular formula is C26H25NO4. The van der Waals surface area contributed by atoms with Crippen LogP contribution in [0.4, 0.5) is 0 Å². The first-order chi connectivity index (χ1) is 15.0. The smallest absolute Gasteiger partial charge is 0.335 e. The van der Waals surface area contributed by atoms with E-state index in [1.165, 1.54) is 0 Å². The average molecular weight is 415 g/mol. The molecule has 0 N–H and O–H groups in total. The highest BCUT2D eigenvalue weighted by Crippen LogP contribution is 2.33. The average Bonchev–Trinajstić information content (AvgIpc) is 2.82. The lowest BCUT2D eigenvalue weighted by Gasteiger charge is -2.32. The van der Waals surface area contributed by atoms with Crippen LogP contribution in [-0.2, 0) is 9.68 Å². The van der Waals surface area contributed by atoms with E-state index in [9.17, 15) is 9.59 Å². The molecule has 0 unspecified atom stereocenters. The molecule has 0 spiro atoms. The van der Waals surface area contributed by atoms with Crippen molar-refractivity contribution in [2.45, 2.75) is 20.3 Å². The fourth-order valence-corrected chi connectivity index (χ4v) is 3.80. The number of carbonyl (C=O) groups excluding carboxylic acids is 2. The van der Waals surface area contributed by atoms with E-state index in [0.717, 1.165) is 16.3 Å². The number of benzene rings is 3. The van der Waals surface area contributed by atoms with E-state index in [1.807, 2.05) is 73.4 Å². The van der Waals surface area contributed by atoms with Crippen LogP contribution in [0.2, 0.25) is 0 Å². The summed E-state index contributed by atoms with van der Waals surface area (Å²) in [6.07, 6.45) is 2.56. The number of rotatable bonds is 5. The van der Waals surface area contributed by atoms with Crippen LogP contribution in [0, 0.1) is 5.41 Å². The molecule has 0 saturated heterocycles. The van der Waals surface area contributed by atoms with E-state index in [1.54, 1.807) is 24.3 Å². The molecule has 0 radical (unpaired) electrons. The maximum atomic E-state index is 13.1. The van der Waals surface area contributed by atoms with Gasteiger partial charge in [0.2, 0.25) is 0 Å². The van der Waals surface area contributed by atoms with Gasteiger partial charge in [-0.05, 0) is 49.2 Å². The molecule has 4 rings (SSSR count). The van der Waals surface area contributed by atoms with Gasteiger partial charge in [0.25, 0.3) is 5.91 Å². The van der Waals surface area contributed by atoms with Crippen LogP contribution in [0.1, 0.15) is 30.6 Å². The Morgan fingerprint density at radius 2 is 1.61 bits per heavy atom. The molecule has 0 bridgehead atoms. The number of amides is 1. The van der Waals surface area contributed by atoms with Crippen LogP contribution < -0.4 is 4.89 Å². The summed E-state index contributed by atoms with van der Waals surface area (Å²) < 4.78 is 0. The highest BCUT2D eigenvalue weighted by Gasteiger charge is 2.37. The summed E-state index contributed by atoms with van der Waals surface area (Å²) in [6.45, 7) is 4.63. The van der Waals surface area contributed by atoms with Crippen LogP contribution in [0.25, 0.3) is 10.8 Å². The van der Waals surface area contributed by atoms with E-state index in [0.29, 0.717) is 30.8 Å². The summed E-state index contributed by atoms with van der Waals surface area (Å²) in [6, 6.07) is 22.6. The zero-order chi connectivity index (χ0) is 21.8. The van der Waals surface area contributed by atoms with E-state index >= 15 is 0 Å². The molecule has 5 heteroatoms. The standard InChI is InChI=1S/C26H25NO4/c1-26(2,25(29)31-30-21-11-4-3-5-12-21)20-15-17-27(18-16-20)24(28)23-14-8-10-19-9-6-7-13-22(19)23/h3-15H,16-18H2,1-2H3. The maximum absolute atomic E-state index is 13.1. The summed E-state index contributed by atoms with van der Waals surface area (Å²) >= 11 is 0. The molecule has 0 atom stereocenters. The lowest BCUT2D eigenvalue weighted by molar-refractivity contribution is -0.222. The molecule has 31 heavy (non-hydrogen) atoms. The Balaban J connectivity index is 1.44. The van der Waals surface area contributed by atoms with E-state index < -0.39 is 11.4 Å². The topological polar surface area (TPSA) is 55.8 Å². The Labute approximate surface area is 181 Å². The quantitative estimate of drug-likeness (QED) is 0.327. The molecule has 158 valence electrons. The molecule has 1 aliphatic rings. The van der Waals surface area contributed by atoms with Gasteiger partial charge in [-0.2, -0.15) is 0 Å². The minimum absolute atomic E-state index is 0.0000985. The van der Waals surface area contributed by atoms with Gasteiger partial charge < -0.3 is 4.90 Å². The first-order valence-electron chi connectivity index (χ1n) is 10.4. The summed E-state index contributed by atoms with van der Waals surface area (Å²) in [5.74, 6) is 0.00691. The molecule has 5 nitrogen and oxygen atoms in total. The fraction of sp³-hybridized carbons (Fsp3) is 0.231. The zero-order valence-electron chi connectivity index (χ0n) is 17.7. The molecule has 3 aromatic carbocycles. The van der Waals surface area contributed by atoms with E-state index in [2.05, 4.69) is 0 Å². The van der Waals surface area contributed by atoms with Crippen molar-refractivity contribution in [2.24, 2.45) is 5.41 Å². The number of hydrogen-bond acceptors (Lipinski definition) is 4. The molecular weight excluding hydrogens is 390 g/mol. The highest BCUT2D eigenvalue weighted by molar-refractivity contribution is 6.07. The normalized spacial score (nSPS) is 14.1. The fourth-order valence-electron chi connectivity index (χ4n) is 3.80. The predicted octanol–water partition coefficient (Wildman–Crippen LogP) is 5.18. The Hall–Kier alpha value is -3.60. The van der Waals surface area contributed by atoms with Gasteiger partial charge in [0, 0.05) is 18.7 Å². The van der Waals surface area contributed by atoms with Crippen LogP contribution in [0.15, 0.2) is 84.4 Å². The number of fused-ring (bicyclic) bond motifs is 1. The SMILES string of the molecule is CC(C)(C(=O)OOc1ccccc1)C1=CCN(C(=O)c2cccc3ccccc23)CC1. The van der Waals surface area contributed by atoms with Crippen LogP contribution in [-0.4, -0.2) is 29.9 Å². The third-order valence-corrected chi connectivity index (χ3v) is 5.79. The van der Waals surface area contributed by atoms with E-state index in [-0.39, 0.29) is 5.91 Å². The van der Waals surface area contributed by atoms with Crippen molar-refractivity contribution in [3.05, 3.63) is 90.0 Å². The predicted molar refractivity (Wildman–Crippen MR) is 119 cm³/mol. The third-order valence-electron chi connectivity index (χ3n) is 5.79. The summed E-state index contributed by atoms with van der Waals surface area (Å²) in [5, 5.41) is 2.00. The Morgan fingerprint density at radius 3 is 2.35 bits per heavy atom. The number of hydrogen-bond donors (Lipinski definition) is 0. The lowest BCUT2D eigenvalue weighted by atomic mass is 9.81. The van der Waals surface area contributed by atoms with Crippen LogP contribution >= 0.6 is 0 Å². The third kappa shape index (κ3) is 4.31. The number of nitrogens with zero attached hydrogens (tertiary/aromatic N) is 1. The van der Waals surface area contributed by atoms with Crippen molar-refractivity contribution in [1.82, 2.24) is 4.90 Å². The minimum Gasteiger partial charge on any atom is -0.335 e. The van der Waals surface area contributed by atoms with E-state index in [4.69, 9.17) is 9.78 Å². The van der Waals surface area contributed by atoms with Gasteiger partial charge in [0.1, 0.15) is 0 Å². The maximum Gasteiger partial charge on any atom is 0.364 e. The van der Waals surface area contributed by atoms with Crippen molar-refractivity contribution < 1.29 is 19.4 Å². The molecule has 0 saturated carbocycles. The van der Waals surface area contributed by atoms with Crippen LogP contribution in [0.3, 0.4) is 0 Å². The van der Waals surface area contributed by atoms with Gasteiger partial charge in [-0.25, -0.2) is 9.68 Å². The molecule has 0 aromatic heterocycles. The molecule has 0 fully saturated rings. The minimum atomic E-state index is -0.844. The Bertz CT molecular complexity index is 1130. The van der Waals surface area contributed by atoms with Crippen molar-refractivity contribution in [1.29, 1.82) is 0 Å². The molecule has 3 aromatic rings. The summed E-state index contributed by atoms with van der Waals surface area (Å²) in [5.41, 5.74) is 0.796. The van der Waals surface area contributed by atoms with Gasteiger partial charge in [0.15, 0.2) is 5.75 Å². The molecule has 1 heterocycles. The van der Waals surface area contributed by atoms with Gasteiger partial charge in [0.05, 0.1) is 5.41 Å².